The number of nitrogens with one attached hydrogen (secondary N) is 1. The number of hydrogen-bond donors (Lipinski definition) is 1. The number of hydrogen-bond acceptors (Lipinski definition) is 2. The van der Waals surface area contributed by atoms with Gasteiger partial charge in [-0.15, -0.1) is 0 Å². The summed E-state index contributed by atoms with van der Waals surface area (Å²) in [6, 6.07) is 0. The molecule has 60 valence electrons. The molecule has 0 saturated heterocycles. The maximum Gasteiger partial charge on any atom is 0.214 e. The Morgan fingerprint density at radius 2 is 2.20 bits per heavy atom. The molecule has 2 unspecified atom stereocenters. The zero-order valence-corrected chi connectivity index (χ0v) is 7.11. The van der Waals surface area contributed by atoms with E-state index in [2.05, 4.69) is 4.72 Å². The van der Waals surface area contributed by atoms with E-state index < -0.39 is 10.0 Å². The van der Waals surface area contributed by atoms with Gasteiger partial charge >= 0.3 is 0 Å². The van der Waals surface area contributed by atoms with Gasteiger partial charge < -0.3 is 0 Å². The maximum atomic E-state index is 11.0. The summed E-state index contributed by atoms with van der Waals surface area (Å²) in [5.74, 6) is 0.414. The molecule has 2 atom stereocenters. The highest BCUT2D eigenvalue weighted by Crippen LogP contribution is 2.38. The zero-order valence-electron chi connectivity index (χ0n) is 6.29. The van der Waals surface area contributed by atoms with Crippen molar-refractivity contribution < 1.29 is 8.42 Å². The van der Waals surface area contributed by atoms with Crippen LogP contribution >= 0.6 is 0 Å². The first-order chi connectivity index (χ1) is 4.61. The van der Waals surface area contributed by atoms with Crippen LogP contribution in [0.2, 0.25) is 0 Å². The van der Waals surface area contributed by atoms with Crippen molar-refractivity contribution in [1.29, 1.82) is 0 Å². The quantitative estimate of drug-likeness (QED) is 0.652. The van der Waals surface area contributed by atoms with Crippen LogP contribution < -0.4 is 4.72 Å². The summed E-state index contributed by atoms with van der Waals surface area (Å²) < 4.78 is 24.4. The van der Waals surface area contributed by atoms with Crippen LogP contribution in [0.5, 0.6) is 0 Å². The molecule has 1 N–H and O–H groups in total. The molecule has 0 spiro atoms. The van der Waals surface area contributed by atoms with Gasteiger partial charge in [-0.1, -0.05) is 13.3 Å². The molecule has 0 aromatic heterocycles. The van der Waals surface area contributed by atoms with Crippen molar-refractivity contribution in [3.63, 3.8) is 0 Å². The van der Waals surface area contributed by atoms with Gasteiger partial charge in [-0.05, 0) is 19.4 Å². The summed E-state index contributed by atoms with van der Waals surface area (Å²) in [6.45, 7) is 2.02. The molecule has 1 aliphatic rings. The van der Waals surface area contributed by atoms with Crippen molar-refractivity contribution in [2.75, 3.05) is 7.05 Å². The lowest BCUT2D eigenvalue weighted by atomic mass is 10.3. The van der Waals surface area contributed by atoms with E-state index in [0.29, 0.717) is 5.92 Å². The first-order valence-electron chi connectivity index (χ1n) is 3.54. The van der Waals surface area contributed by atoms with Gasteiger partial charge in [-0.3, -0.25) is 0 Å². The molecule has 0 heterocycles. The lowest BCUT2D eigenvalue weighted by molar-refractivity contribution is 0.583. The monoisotopic (exact) mass is 163 g/mol. The summed E-state index contributed by atoms with van der Waals surface area (Å²) in [5.41, 5.74) is 0. The average molecular weight is 163 g/mol. The van der Waals surface area contributed by atoms with Gasteiger partial charge in [-0.25, -0.2) is 13.1 Å². The highest BCUT2D eigenvalue weighted by Gasteiger charge is 2.44. The molecule has 1 aliphatic carbocycles. The topological polar surface area (TPSA) is 46.2 Å². The van der Waals surface area contributed by atoms with Gasteiger partial charge in [0.2, 0.25) is 10.0 Å². The van der Waals surface area contributed by atoms with Gasteiger partial charge in [0.1, 0.15) is 0 Å². The molecule has 0 amide bonds. The van der Waals surface area contributed by atoms with E-state index in [9.17, 15) is 8.42 Å². The summed E-state index contributed by atoms with van der Waals surface area (Å²) in [5, 5.41) is -0.0949. The van der Waals surface area contributed by atoms with E-state index >= 15 is 0 Å². The Balaban J connectivity index is 2.55. The fraction of sp³-hybridized carbons (Fsp3) is 1.00. The Kier molecular flexibility index (Phi) is 2.01. The number of sulfonamides is 1. The Morgan fingerprint density at radius 3 is 2.50 bits per heavy atom. The van der Waals surface area contributed by atoms with Crippen LogP contribution in [0.15, 0.2) is 0 Å². The first kappa shape index (κ1) is 8.01. The Labute approximate surface area is 61.9 Å². The third-order valence-corrected chi connectivity index (χ3v) is 4.01. The molecule has 1 fully saturated rings. The maximum absolute atomic E-state index is 11.0. The van der Waals surface area contributed by atoms with Crippen LogP contribution in [-0.4, -0.2) is 20.7 Å². The van der Waals surface area contributed by atoms with Crippen molar-refractivity contribution in [2.24, 2.45) is 5.92 Å². The number of rotatable bonds is 3. The molecule has 0 bridgehead atoms. The van der Waals surface area contributed by atoms with E-state index in [0.717, 1.165) is 12.8 Å². The second-order valence-corrected chi connectivity index (χ2v) is 4.80. The molecule has 1 rings (SSSR count). The van der Waals surface area contributed by atoms with Gasteiger partial charge in [0.25, 0.3) is 0 Å². The van der Waals surface area contributed by atoms with Crippen molar-refractivity contribution >= 4 is 10.0 Å². The van der Waals surface area contributed by atoms with Crippen LogP contribution in [0.25, 0.3) is 0 Å². The van der Waals surface area contributed by atoms with Gasteiger partial charge in [0, 0.05) is 0 Å². The molecule has 0 radical (unpaired) electrons. The first-order valence-corrected chi connectivity index (χ1v) is 5.08. The van der Waals surface area contributed by atoms with E-state index in [1.54, 1.807) is 0 Å². The fourth-order valence-electron chi connectivity index (χ4n) is 1.18. The lowest BCUT2D eigenvalue weighted by Crippen LogP contribution is -2.23. The van der Waals surface area contributed by atoms with Crippen LogP contribution in [0.1, 0.15) is 19.8 Å². The van der Waals surface area contributed by atoms with Gasteiger partial charge in [0.15, 0.2) is 0 Å². The minimum atomic E-state index is -2.94. The third-order valence-electron chi connectivity index (χ3n) is 2.07. The molecular weight excluding hydrogens is 150 g/mol. The molecule has 4 heteroatoms. The van der Waals surface area contributed by atoms with Crippen LogP contribution in [-0.2, 0) is 10.0 Å². The van der Waals surface area contributed by atoms with Crippen molar-refractivity contribution in [2.45, 2.75) is 25.0 Å². The normalized spacial score (nSPS) is 32.2. The van der Waals surface area contributed by atoms with E-state index in [1.165, 1.54) is 7.05 Å². The Morgan fingerprint density at radius 1 is 1.60 bits per heavy atom. The van der Waals surface area contributed by atoms with E-state index in [-0.39, 0.29) is 5.25 Å². The molecule has 3 nitrogen and oxygen atoms in total. The molecule has 0 aromatic rings. The van der Waals surface area contributed by atoms with Crippen molar-refractivity contribution in [1.82, 2.24) is 4.72 Å². The standard InChI is InChI=1S/C6H13NO2S/c1-3-5-4-6(5)10(8,9)7-2/h5-7H,3-4H2,1-2H3. The second kappa shape index (κ2) is 2.51. The SMILES string of the molecule is CCC1CC1S(=O)(=O)NC. The van der Waals surface area contributed by atoms with Gasteiger partial charge in [-0.2, -0.15) is 0 Å². The van der Waals surface area contributed by atoms with Crippen molar-refractivity contribution in [3.8, 4) is 0 Å². The predicted molar refractivity (Wildman–Crippen MR) is 40.2 cm³/mol. The van der Waals surface area contributed by atoms with E-state index in [1.807, 2.05) is 6.92 Å². The Hall–Kier alpha value is -0.0900. The average Bonchev–Trinajstić information content (AvgIpc) is 2.66. The second-order valence-electron chi connectivity index (χ2n) is 2.69. The molecule has 10 heavy (non-hydrogen) atoms. The molecule has 0 aromatic carbocycles. The summed E-state index contributed by atoms with van der Waals surface area (Å²) in [6.07, 6.45) is 1.82. The molecule has 0 aliphatic heterocycles. The summed E-state index contributed by atoms with van der Waals surface area (Å²) in [4.78, 5) is 0. The highest BCUT2D eigenvalue weighted by molar-refractivity contribution is 7.90. The zero-order chi connectivity index (χ0) is 7.78. The largest absolute Gasteiger partial charge is 0.218 e. The van der Waals surface area contributed by atoms with Crippen molar-refractivity contribution in [3.05, 3.63) is 0 Å². The Bertz CT molecular complexity index is 210. The minimum absolute atomic E-state index is 0.0949. The van der Waals surface area contributed by atoms with Gasteiger partial charge in [0.05, 0.1) is 5.25 Å². The summed E-state index contributed by atoms with van der Waals surface area (Å²) in [7, 11) is -1.46. The lowest BCUT2D eigenvalue weighted by Gasteiger charge is -1.97. The van der Waals surface area contributed by atoms with Crippen LogP contribution in [0, 0.1) is 5.92 Å². The third kappa shape index (κ3) is 1.32. The summed E-state index contributed by atoms with van der Waals surface area (Å²) >= 11 is 0. The minimum Gasteiger partial charge on any atom is -0.218 e. The predicted octanol–water partition coefficient (Wildman–Crippen LogP) is 0.334. The molecule has 1 saturated carbocycles. The fourth-order valence-corrected chi connectivity index (χ4v) is 2.68. The molecular formula is C6H13NO2S. The van der Waals surface area contributed by atoms with Crippen LogP contribution in [0.4, 0.5) is 0 Å². The highest BCUT2D eigenvalue weighted by atomic mass is 32.2. The van der Waals surface area contributed by atoms with Crippen LogP contribution in [0.3, 0.4) is 0 Å². The van der Waals surface area contributed by atoms with E-state index in [4.69, 9.17) is 0 Å². The smallest absolute Gasteiger partial charge is 0.214 e.